The van der Waals surface area contributed by atoms with Crippen molar-refractivity contribution in [3.8, 4) is 0 Å². The minimum atomic E-state index is -0.542. The van der Waals surface area contributed by atoms with E-state index in [1.165, 1.54) is 0 Å². The van der Waals surface area contributed by atoms with Crippen molar-refractivity contribution in [1.82, 2.24) is 4.90 Å². The molecular weight excluding hydrogens is 330 g/mol. The van der Waals surface area contributed by atoms with Gasteiger partial charge in [0, 0.05) is 18.5 Å². The van der Waals surface area contributed by atoms with Crippen LogP contribution < -0.4 is 0 Å². The second-order valence-electron chi connectivity index (χ2n) is 8.13. The summed E-state index contributed by atoms with van der Waals surface area (Å²) in [6.45, 7) is 10.3. The standard InChI is InChI=1S/C17H26BrNO2/c1-11-5-9-19(10-6-11)14(21)17-8-7-16(4,15(17,2)3)13(20)12(17)18/h11-12H,5-10H2,1-4H3. The van der Waals surface area contributed by atoms with Gasteiger partial charge in [0.05, 0.1) is 10.2 Å². The van der Waals surface area contributed by atoms with Gasteiger partial charge in [-0.3, -0.25) is 9.59 Å². The molecule has 3 nitrogen and oxygen atoms in total. The molecule has 4 heteroatoms. The van der Waals surface area contributed by atoms with Crippen LogP contribution in [-0.4, -0.2) is 34.5 Å². The van der Waals surface area contributed by atoms with Crippen LogP contribution in [0.15, 0.2) is 0 Å². The fraction of sp³-hybridized carbons (Fsp3) is 0.882. The SMILES string of the molecule is CC1CCN(C(=O)C23CCC(C)(C(=O)C2Br)C3(C)C)CC1. The first kappa shape index (κ1) is 15.5. The molecule has 0 aromatic heterocycles. The number of halogens is 1. The van der Waals surface area contributed by atoms with E-state index in [-0.39, 0.29) is 27.3 Å². The van der Waals surface area contributed by atoms with E-state index in [1.807, 2.05) is 4.90 Å². The van der Waals surface area contributed by atoms with Crippen LogP contribution in [0, 0.1) is 22.2 Å². The summed E-state index contributed by atoms with van der Waals surface area (Å²) in [7, 11) is 0. The third-order valence-corrected chi connectivity index (χ3v) is 8.37. The van der Waals surface area contributed by atoms with Gasteiger partial charge in [-0.25, -0.2) is 0 Å². The number of hydrogen-bond acceptors (Lipinski definition) is 2. The first-order chi connectivity index (χ1) is 9.68. The number of rotatable bonds is 1. The van der Waals surface area contributed by atoms with Crippen molar-refractivity contribution < 1.29 is 9.59 Å². The van der Waals surface area contributed by atoms with Crippen molar-refractivity contribution >= 4 is 27.6 Å². The Labute approximate surface area is 136 Å². The summed E-state index contributed by atoms with van der Waals surface area (Å²) in [5.41, 5.74) is -1.18. The fourth-order valence-corrected chi connectivity index (χ4v) is 6.42. The zero-order chi connectivity index (χ0) is 15.6. The number of amides is 1. The Morgan fingerprint density at radius 3 is 2.24 bits per heavy atom. The Morgan fingerprint density at radius 2 is 1.76 bits per heavy atom. The molecule has 0 aromatic rings. The number of likely N-dealkylation sites (tertiary alicyclic amines) is 1. The fourth-order valence-electron chi connectivity index (χ4n) is 4.92. The van der Waals surface area contributed by atoms with Crippen LogP contribution in [0.3, 0.4) is 0 Å². The van der Waals surface area contributed by atoms with Gasteiger partial charge in [0.15, 0.2) is 5.78 Å². The maximum atomic E-state index is 13.3. The average Bonchev–Trinajstić information content (AvgIpc) is 2.71. The Hall–Kier alpha value is -0.380. The Kier molecular flexibility index (Phi) is 3.37. The van der Waals surface area contributed by atoms with Gasteiger partial charge in [0.1, 0.15) is 0 Å². The molecule has 3 aliphatic rings. The van der Waals surface area contributed by atoms with Gasteiger partial charge in [-0.2, -0.15) is 0 Å². The molecule has 1 heterocycles. The van der Waals surface area contributed by atoms with E-state index in [9.17, 15) is 9.59 Å². The highest BCUT2D eigenvalue weighted by Gasteiger charge is 2.77. The van der Waals surface area contributed by atoms with Crippen molar-refractivity contribution in [3.05, 3.63) is 0 Å². The predicted octanol–water partition coefficient (Wildman–Crippen LogP) is 3.40. The normalized spacial score (nSPS) is 42.6. The second-order valence-corrected chi connectivity index (χ2v) is 9.05. The van der Waals surface area contributed by atoms with E-state index in [1.54, 1.807) is 0 Å². The molecular formula is C17H26BrNO2. The monoisotopic (exact) mass is 355 g/mol. The lowest BCUT2D eigenvalue weighted by atomic mass is 9.64. The van der Waals surface area contributed by atoms with Gasteiger partial charge >= 0.3 is 0 Å². The first-order valence-corrected chi connectivity index (χ1v) is 9.08. The van der Waals surface area contributed by atoms with Crippen molar-refractivity contribution in [2.45, 2.75) is 58.2 Å². The van der Waals surface area contributed by atoms with Crippen LogP contribution in [-0.2, 0) is 9.59 Å². The summed E-state index contributed by atoms with van der Waals surface area (Å²) in [5, 5.41) is 0. The molecule has 0 aromatic carbocycles. The lowest BCUT2D eigenvalue weighted by molar-refractivity contribution is -0.148. The summed E-state index contributed by atoms with van der Waals surface area (Å²) in [5.74, 6) is 1.16. The quantitative estimate of drug-likeness (QED) is 0.676. The van der Waals surface area contributed by atoms with Gasteiger partial charge in [0.2, 0.25) is 5.91 Å². The number of Topliss-reactive ketones (excluding diaryl/α,β-unsaturated/α-hetero) is 1. The van der Waals surface area contributed by atoms with Crippen molar-refractivity contribution in [3.63, 3.8) is 0 Å². The highest BCUT2D eigenvalue weighted by atomic mass is 79.9. The molecule has 2 aliphatic carbocycles. The van der Waals surface area contributed by atoms with E-state index in [2.05, 4.69) is 43.6 Å². The van der Waals surface area contributed by atoms with Crippen LogP contribution in [0.5, 0.6) is 0 Å². The molecule has 21 heavy (non-hydrogen) atoms. The van der Waals surface area contributed by atoms with Crippen LogP contribution in [0.25, 0.3) is 0 Å². The molecule has 0 N–H and O–H groups in total. The molecule has 3 atom stereocenters. The highest BCUT2D eigenvalue weighted by molar-refractivity contribution is 9.10. The topological polar surface area (TPSA) is 37.4 Å². The number of nitrogens with zero attached hydrogens (tertiary/aromatic N) is 1. The predicted molar refractivity (Wildman–Crippen MR) is 86.3 cm³/mol. The number of hydrogen-bond donors (Lipinski definition) is 0. The van der Waals surface area contributed by atoms with Crippen molar-refractivity contribution in [1.29, 1.82) is 0 Å². The van der Waals surface area contributed by atoms with Crippen LogP contribution in [0.1, 0.15) is 53.4 Å². The van der Waals surface area contributed by atoms with E-state index in [0.29, 0.717) is 5.92 Å². The summed E-state index contributed by atoms with van der Waals surface area (Å²) >= 11 is 3.61. The van der Waals surface area contributed by atoms with Gasteiger partial charge < -0.3 is 4.90 Å². The smallest absolute Gasteiger partial charge is 0.230 e. The highest BCUT2D eigenvalue weighted by Crippen LogP contribution is 2.72. The minimum Gasteiger partial charge on any atom is -0.342 e. The molecule has 3 fully saturated rings. The Balaban J connectivity index is 1.96. The number of carbonyl (C=O) groups excluding carboxylic acids is 2. The molecule has 1 amide bonds. The molecule has 1 aliphatic heterocycles. The molecule has 3 rings (SSSR count). The summed E-state index contributed by atoms with van der Waals surface area (Å²) in [4.78, 5) is 27.8. The second kappa shape index (κ2) is 4.56. The Bertz CT molecular complexity index is 495. The third kappa shape index (κ3) is 1.66. The van der Waals surface area contributed by atoms with Gasteiger partial charge in [-0.1, -0.05) is 43.6 Å². The maximum Gasteiger partial charge on any atom is 0.230 e. The number of ketones is 1. The molecule has 0 spiro atoms. The van der Waals surface area contributed by atoms with Gasteiger partial charge in [-0.05, 0) is 37.0 Å². The van der Waals surface area contributed by atoms with Gasteiger partial charge in [-0.15, -0.1) is 0 Å². The van der Waals surface area contributed by atoms with Crippen LogP contribution in [0.2, 0.25) is 0 Å². The summed E-state index contributed by atoms with van der Waals surface area (Å²) < 4.78 is 0. The lowest BCUT2D eigenvalue weighted by Crippen LogP contribution is -2.54. The minimum absolute atomic E-state index is 0.218. The van der Waals surface area contributed by atoms with E-state index in [4.69, 9.17) is 0 Å². The van der Waals surface area contributed by atoms with Crippen molar-refractivity contribution in [2.75, 3.05) is 13.1 Å². The molecule has 1 saturated heterocycles. The van der Waals surface area contributed by atoms with E-state index < -0.39 is 5.41 Å². The number of carbonyl (C=O) groups is 2. The Morgan fingerprint density at radius 1 is 1.19 bits per heavy atom. The van der Waals surface area contributed by atoms with Gasteiger partial charge in [0.25, 0.3) is 0 Å². The lowest BCUT2D eigenvalue weighted by Gasteiger charge is -2.44. The first-order valence-electron chi connectivity index (χ1n) is 8.16. The number of piperidine rings is 1. The number of fused-ring (bicyclic) bond motifs is 2. The largest absolute Gasteiger partial charge is 0.342 e. The third-order valence-electron chi connectivity index (χ3n) is 7.17. The number of alkyl halides is 1. The molecule has 3 unspecified atom stereocenters. The molecule has 118 valence electrons. The summed E-state index contributed by atoms with van der Waals surface area (Å²) in [6.07, 6.45) is 3.85. The van der Waals surface area contributed by atoms with E-state index in [0.717, 1.165) is 38.8 Å². The van der Waals surface area contributed by atoms with Crippen LogP contribution in [0.4, 0.5) is 0 Å². The zero-order valence-corrected chi connectivity index (χ0v) is 15.1. The maximum absolute atomic E-state index is 13.3. The molecule has 2 saturated carbocycles. The summed E-state index contributed by atoms with van der Waals surface area (Å²) in [6, 6.07) is 0. The average molecular weight is 356 g/mol. The van der Waals surface area contributed by atoms with Crippen molar-refractivity contribution in [2.24, 2.45) is 22.2 Å². The molecule has 2 bridgehead atoms. The van der Waals surface area contributed by atoms with E-state index >= 15 is 0 Å². The van der Waals surface area contributed by atoms with Crippen LogP contribution >= 0.6 is 15.9 Å². The molecule has 0 radical (unpaired) electrons. The zero-order valence-electron chi connectivity index (χ0n) is 13.5.